The first-order valence-corrected chi connectivity index (χ1v) is 11.1. The summed E-state index contributed by atoms with van der Waals surface area (Å²) < 4.78 is 14.5. The molecule has 0 aliphatic rings. The summed E-state index contributed by atoms with van der Waals surface area (Å²) in [5, 5.41) is 22.3. The van der Waals surface area contributed by atoms with Gasteiger partial charge in [0.05, 0.1) is 22.2 Å². The monoisotopic (exact) mass is 480 g/mol. The zero-order valence-electron chi connectivity index (χ0n) is 19.4. The molecule has 178 valence electrons. The van der Waals surface area contributed by atoms with Crippen LogP contribution >= 0.6 is 0 Å². The summed E-state index contributed by atoms with van der Waals surface area (Å²) in [7, 11) is 0. The molecular formula is C27H21FN6O2. The number of anilines is 1. The largest absolute Gasteiger partial charge is 0.368 e. The molecule has 0 fully saturated rings. The van der Waals surface area contributed by atoms with Crippen molar-refractivity contribution in [2.24, 2.45) is 0 Å². The van der Waals surface area contributed by atoms with Gasteiger partial charge in [0, 0.05) is 36.7 Å². The van der Waals surface area contributed by atoms with E-state index >= 15 is 0 Å². The Morgan fingerprint density at radius 2 is 1.92 bits per heavy atom. The van der Waals surface area contributed by atoms with Crippen LogP contribution in [0.1, 0.15) is 39.7 Å². The molecule has 8 nitrogen and oxygen atoms in total. The molecule has 0 aliphatic heterocycles. The Kier molecular flexibility index (Phi) is 7.33. The average molecular weight is 481 g/mol. The molecule has 0 saturated heterocycles. The van der Waals surface area contributed by atoms with E-state index in [1.54, 1.807) is 43.3 Å². The maximum absolute atomic E-state index is 14.5. The molecule has 36 heavy (non-hydrogen) atoms. The number of benzene rings is 2. The maximum atomic E-state index is 14.5. The number of amides is 1. The van der Waals surface area contributed by atoms with Gasteiger partial charge in [-0.15, -0.1) is 5.92 Å². The Labute approximate surface area is 206 Å². The van der Waals surface area contributed by atoms with Gasteiger partial charge in [-0.2, -0.15) is 10.4 Å². The summed E-state index contributed by atoms with van der Waals surface area (Å²) in [5.41, 5.74) is 2.05. The molecule has 4 aromatic rings. The Bertz CT molecular complexity index is 1590. The first kappa shape index (κ1) is 24.1. The molecule has 1 amide bonds. The lowest BCUT2D eigenvalue weighted by molar-refractivity contribution is 0.0951. The highest BCUT2D eigenvalue weighted by molar-refractivity contribution is 5.94. The average Bonchev–Trinajstić information content (AvgIpc) is 2.89. The zero-order chi connectivity index (χ0) is 25.5. The van der Waals surface area contributed by atoms with E-state index in [-0.39, 0.29) is 24.1 Å². The molecule has 2 heterocycles. The van der Waals surface area contributed by atoms with Crippen LogP contribution in [0.15, 0.2) is 59.5 Å². The van der Waals surface area contributed by atoms with E-state index in [4.69, 9.17) is 5.26 Å². The summed E-state index contributed by atoms with van der Waals surface area (Å²) in [6.45, 7) is 2.33. The highest BCUT2D eigenvalue weighted by atomic mass is 19.1. The minimum absolute atomic E-state index is 0.0877. The number of nitriles is 1. The molecule has 0 spiro atoms. The van der Waals surface area contributed by atoms with Gasteiger partial charge in [0.2, 0.25) is 0 Å². The van der Waals surface area contributed by atoms with Crippen molar-refractivity contribution in [3.63, 3.8) is 0 Å². The van der Waals surface area contributed by atoms with Crippen molar-refractivity contribution >= 4 is 22.5 Å². The van der Waals surface area contributed by atoms with Gasteiger partial charge < -0.3 is 10.6 Å². The van der Waals surface area contributed by atoms with Gasteiger partial charge in [0.25, 0.3) is 11.5 Å². The van der Waals surface area contributed by atoms with E-state index in [0.29, 0.717) is 40.0 Å². The number of carbonyl (C=O) groups excluding carboxylic acids is 1. The highest BCUT2D eigenvalue weighted by Crippen LogP contribution is 2.20. The summed E-state index contributed by atoms with van der Waals surface area (Å²) in [6, 6.07) is 14.9. The van der Waals surface area contributed by atoms with Crippen LogP contribution in [0.2, 0.25) is 0 Å². The fraction of sp³-hybridized carbons (Fsp3) is 0.148. The predicted molar refractivity (Wildman–Crippen MR) is 134 cm³/mol. The molecule has 3 N–H and O–H groups in total. The lowest BCUT2D eigenvalue weighted by atomic mass is 10.0. The second-order valence-electron chi connectivity index (χ2n) is 7.85. The standard InChI is InChI=1S/C27H21FN6O2/c1-2-3-17-4-7-20-21(12-17)24(33-34-27(20)36)14-18-5-8-23(28)22(13-18)26(35)31-11-10-30-25-9-6-19(15-29)16-32-25/h4-9,12-13,16H,10-11,14H2,1H3,(H,30,32)(H,31,35)(H,34,36). The Hall–Kier alpha value is -5.02. The number of carbonyl (C=O) groups is 1. The number of fused-ring (bicyclic) bond motifs is 1. The Morgan fingerprint density at radius 1 is 1.08 bits per heavy atom. The fourth-order valence-electron chi connectivity index (χ4n) is 3.65. The number of aromatic nitrogens is 3. The van der Waals surface area contributed by atoms with Crippen molar-refractivity contribution in [1.29, 1.82) is 5.26 Å². The van der Waals surface area contributed by atoms with Crippen LogP contribution in [-0.2, 0) is 6.42 Å². The van der Waals surface area contributed by atoms with Crippen LogP contribution in [0.25, 0.3) is 10.8 Å². The molecule has 0 unspecified atom stereocenters. The lowest BCUT2D eigenvalue weighted by Crippen LogP contribution is -2.29. The molecule has 2 aromatic carbocycles. The van der Waals surface area contributed by atoms with Crippen LogP contribution in [0.5, 0.6) is 0 Å². The number of halogens is 1. The molecule has 0 radical (unpaired) electrons. The maximum Gasteiger partial charge on any atom is 0.272 e. The number of aromatic amines is 1. The number of nitrogens with zero attached hydrogens (tertiary/aromatic N) is 3. The number of H-pyrrole nitrogens is 1. The van der Waals surface area contributed by atoms with Crippen LogP contribution in [0.4, 0.5) is 10.2 Å². The van der Waals surface area contributed by atoms with Gasteiger partial charge in [0.15, 0.2) is 0 Å². The molecular weight excluding hydrogens is 459 g/mol. The second kappa shape index (κ2) is 10.9. The predicted octanol–water partition coefficient (Wildman–Crippen LogP) is 3.13. The van der Waals surface area contributed by atoms with Gasteiger partial charge in [0.1, 0.15) is 17.7 Å². The molecule has 0 aliphatic carbocycles. The molecule has 0 atom stereocenters. The van der Waals surface area contributed by atoms with Gasteiger partial charge in [-0.05, 0) is 55.0 Å². The molecule has 0 saturated carbocycles. The summed E-state index contributed by atoms with van der Waals surface area (Å²) in [5.74, 6) is 5.17. The van der Waals surface area contributed by atoms with Crippen molar-refractivity contribution < 1.29 is 9.18 Å². The van der Waals surface area contributed by atoms with Gasteiger partial charge >= 0.3 is 0 Å². The van der Waals surface area contributed by atoms with Crippen LogP contribution in [-0.4, -0.2) is 34.2 Å². The lowest BCUT2D eigenvalue weighted by Gasteiger charge is -2.10. The van der Waals surface area contributed by atoms with E-state index in [2.05, 4.69) is 37.7 Å². The molecule has 4 rings (SSSR count). The summed E-state index contributed by atoms with van der Waals surface area (Å²) in [4.78, 5) is 28.9. The van der Waals surface area contributed by atoms with Gasteiger partial charge in [-0.1, -0.05) is 12.0 Å². The van der Waals surface area contributed by atoms with Crippen LogP contribution in [0.3, 0.4) is 0 Å². The van der Waals surface area contributed by atoms with E-state index in [0.717, 1.165) is 5.56 Å². The summed E-state index contributed by atoms with van der Waals surface area (Å²) in [6.07, 6.45) is 1.73. The van der Waals surface area contributed by atoms with Crippen molar-refractivity contribution in [1.82, 2.24) is 20.5 Å². The molecule has 2 aromatic heterocycles. The third kappa shape index (κ3) is 5.54. The smallest absolute Gasteiger partial charge is 0.272 e. The van der Waals surface area contributed by atoms with E-state index < -0.39 is 11.7 Å². The quantitative estimate of drug-likeness (QED) is 0.276. The Morgan fingerprint density at radius 3 is 2.67 bits per heavy atom. The van der Waals surface area contributed by atoms with Crippen molar-refractivity contribution in [3.8, 4) is 17.9 Å². The highest BCUT2D eigenvalue weighted by Gasteiger charge is 2.14. The molecule has 0 bridgehead atoms. The van der Waals surface area contributed by atoms with E-state index in [1.165, 1.54) is 18.3 Å². The zero-order valence-corrected chi connectivity index (χ0v) is 19.4. The van der Waals surface area contributed by atoms with E-state index in [1.807, 2.05) is 6.07 Å². The fourth-order valence-corrected chi connectivity index (χ4v) is 3.65. The van der Waals surface area contributed by atoms with E-state index in [9.17, 15) is 14.0 Å². The topological polar surface area (TPSA) is 124 Å². The van der Waals surface area contributed by atoms with Crippen LogP contribution < -0.4 is 16.2 Å². The third-order valence-corrected chi connectivity index (χ3v) is 5.39. The number of hydrogen-bond acceptors (Lipinski definition) is 6. The van der Waals surface area contributed by atoms with Crippen molar-refractivity contribution in [3.05, 3.63) is 98.8 Å². The minimum atomic E-state index is -0.641. The Balaban J connectivity index is 1.46. The SMILES string of the molecule is CC#Cc1ccc2c(=O)[nH]nc(Cc3ccc(F)c(C(=O)NCCNc4ccc(C#N)cn4)c3)c2c1. The first-order chi connectivity index (χ1) is 17.5. The third-order valence-electron chi connectivity index (χ3n) is 5.39. The second-order valence-corrected chi connectivity index (χ2v) is 7.85. The molecule has 9 heteroatoms. The first-order valence-electron chi connectivity index (χ1n) is 11.1. The normalized spacial score (nSPS) is 10.2. The number of hydrogen-bond donors (Lipinski definition) is 3. The van der Waals surface area contributed by atoms with Gasteiger partial charge in [-0.3, -0.25) is 9.59 Å². The number of nitrogens with one attached hydrogen (secondary N) is 3. The van der Waals surface area contributed by atoms with Gasteiger partial charge in [-0.25, -0.2) is 14.5 Å². The van der Waals surface area contributed by atoms with Crippen molar-refractivity contribution in [2.45, 2.75) is 13.3 Å². The van der Waals surface area contributed by atoms with Crippen molar-refractivity contribution in [2.75, 3.05) is 18.4 Å². The summed E-state index contributed by atoms with van der Waals surface area (Å²) >= 11 is 0. The minimum Gasteiger partial charge on any atom is -0.368 e. The number of pyridine rings is 1. The van der Waals surface area contributed by atoms with Crippen LogP contribution in [0, 0.1) is 29.0 Å². The number of rotatable bonds is 7.